The van der Waals surface area contributed by atoms with E-state index in [-0.39, 0.29) is 5.82 Å². The predicted molar refractivity (Wildman–Crippen MR) is 69.3 cm³/mol. The van der Waals surface area contributed by atoms with Crippen LogP contribution in [0.3, 0.4) is 0 Å². The van der Waals surface area contributed by atoms with Crippen LogP contribution in [0.2, 0.25) is 0 Å². The van der Waals surface area contributed by atoms with Gasteiger partial charge in [0, 0.05) is 12.2 Å². The third kappa shape index (κ3) is 3.11. The van der Waals surface area contributed by atoms with Crippen molar-refractivity contribution < 1.29 is 8.81 Å². The number of nitrogens with two attached hydrogens (primary N) is 1. The lowest BCUT2D eigenvalue weighted by Gasteiger charge is -2.20. The Bertz CT molecular complexity index is 497. The van der Waals surface area contributed by atoms with Gasteiger partial charge < -0.3 is 10.2 Å². The molecule has 0 aliphatic heterocycles. The summed E-state index contributed by atoms with van der Waals surface area (Å²) in [6, 6.07) is 8.34. The Morgan fingerprint density at radius 1 is 1.28 bits per heavy atom. The van der Waals surface area contributed by atoms with Crippen LogP contribution in [-0.2, 0) is 13.1 Å². The van der Waals surface area contributed by atoms with Gasteiger partial charge in [0.1, 0.15) is 11.6 Å². The summed E-state index contributed by atoms with van der Waals surface area (Å²) < 4.78 is 18.3. The van der Waals surface area contributed by atoms with Crippen LogP contribution in [-0.4, -0.2) is 11.4 Å². The number of halogens is 1. The molecular formula is C14H17FN2O. The highest BCUT2D eigenvalue weighted by Gasteiger charge is 2.09. The van der Waals surface area contributed by atoms with Gasteiger partial charge in [-0.25, -0.2) is 4.39 Å². The van der Waals surface area contributed by atoms with Crippen LogP contribution in [0.5, 0.6) is 0 Å². The van der Waals surface area contributed by atoms with E-state index < -0.39 is 0 Å². The van der Waals surface area contributed by atoms with Gasteiger partial charge in [-0.3, -0.25) is 4.90 Å². The molecule has 2 rings (SSSR count). The third-order valence-electron chi connectivity index (χ3n) is 2.91. The molecule has 0 atom stereocenters. The molecule has 4 heteroatoms. The molecule has 0 fully saturated rings. The SMILES string of the molecule is CCN(Cc1ccco1)Cc1ccc(F)cc1N. The second-order valence-corrected chi connectivity index (χ2v) is 4.23. The second-order valence-electron chi connectivity index (χ2n) is 4.23. The Hall–Kier alpha value is -1.81. The third-order valence-corrected chi connectivity index (χ3v) is 2.91. The van der Waals surface area contributed by atoms with E-state index in [2.05, 4.69) is 11.8 Å². The zero-order valence-electron chi connectivity index (χ0n) is 10.4. The molecule has 2 N–H and O–H groups in total. The van der Waals surface area contributed by atoms with E-state index >= 15 is 0 Å². The number of hydrogen-bond donors (Lipinski definition) is 1. The van der Waals surface area contributed by atoms with Crippen LogP contribution in [0.15, 0.2) is 41.0 Å². The Kier molecular flexibility index (Phi) is 3.99. The van der Waals surface area contributed by atoms with Gasteiger partial charge >= 0.3 is 0 Å². The Morgan fingerprint density at radius 3 is 2.72 bits per heavy atom. The fraction of sp³-hybridized carbons (Fsp3) is 0.286. The van der Waals surface area contributed by atoms with Crippen molar-refractivity contribution in [3.8, 4) is 0 Å². The summed E-state index contributed by atoms with van der Waals surface area (Å²) in [5.41, 5.74) is 7.24. The lowest BCUT2D eigenvalue weighted by molar-refractivity contribution is 0.248. The Labute approximate surface area is 106 Å². The van der Waals surface area contributed by atoms with Gasteiger partial charge in [0.25, 0.3) is 0 Å². The molecule has 96 valence electrons. The maximum Gasteiger partial charge on any atom is 0.125 e. The molecule has 0 saturated carbocycles. The minimum atomic E-state index is -0.301. The molecule has 18 heavy (non-hydrogen) atoms. The van der Waals surface area contributed by atoms with Crippen molar-refractivity contribution >= 4 is 5.69 Å². The zero-order chi connectivity index (χ0) is 13.0. The van der Waals surface area contributed by atoms with Crippen LogP contribution in [0.25, 0.3) is 0 Å². The molecular weight excluding hydrogens is 231 g/mol. The summed E-state index contributed by atoms with van der Waals surface area (Å²) in [6.45, 7) is 4.35. The molecule has 1 aromatic heterocycles. The van der Waals surface area contributed by atoms with Gasteiger partial charge in [0.2, 0.25) is 0 Å². The van der Waals surface area contributed by atoms with Crippen LogP contribution in [0.1, 0.15) is 18.2 Å². The number of hydrogen-bond acceptors (Lipinski definition) is 3. The lowest BCUT2D eigenvalue weighted by atomic mass is 10.1. The van der Waals surface area contributed by atoms with E-state index in [4.69, 9.17) is 10.2 Å². The van der Waals surface area contributed by atoms with E-state index in [1.165, 1.54) is 12.1 Å². The first kappa shape index (κ1) is 12.6. The molecule has 1 heterocycles. The van der Waals surface area contributed by atoms with Crippen molar-refractivity contribution in [2.45, 2.75) is 20.0 Å². The molecule has 1 aromatic carbocycles. The van der Waals surface area contributed by atoms with Gasteiger partial charge in [-0.05, 0) is 36.4 Å². The average Bonchev–Trinajstić information content (AvgIpc) is 2.84. The summed E-state index contributed by atoms with van der Waals surface area (Å²) in [6.07, 6.45) is 1.66. The summed E-state index contributed by atoms with van der Waals surface area (Å²) in [7, 11) is 0. The molecule has 0 spiro atoms. The zero-order valence-corrected chi connectivity index (χ0v) is 10.4. The number of anilines is 1. The van der Waals surface area contributed by atoms with Gasteiger partial charge in [0.05, 0.1) is 12.8 Å². The smallest absolute Gasteiger partial charge is 0.125 e. The van der Waals surface area contributed by atoms with Crippen molar-refractivity contribution in [2.24, 2.45) is 0 Å². The molecule has 0 unspecified atom stereocenters. The molecule has 0 bridgehead atoms. The summed E-state index contributed by atoms with van der Waals surface area (Å²) in [5.74, 6) is 0.614. The van der Waals surface area contributed by atoms with Gasteiger partial charge in [0.15, 0.2) is 0 Å². The molecule has 3 nitrogen and oxygen atoms in total. The van der Waals surface area contributed by atoms with Gasteiger partial charge in [-0.2, -0.15) is 0 Å². The molecule has 0 aliphatic rings. The van der Waals surface area contributed by atoms with Crippen LogP contribution in [0.4, 0.5) is 10.1 Å². The second kappa shape index (κ2) is 5.69. The van der Waals surface area contributed by atoms with Gasteiger partial charge in [-0.1, -0.05) is 13.0 Å². The van der Waals surface area contributed by atoms with Crippen molar-refractivity contribution in [2.75, 3.05) is 12.3 Å². The normalized spacial score (nSPS) is 11.1. The first-order valence-corrected chi connectivity index (χ1v) is 5.97. The number of furan rings is 1. The molecule has 2 aromatic rings. The first-order chi connectivity index (χ1) is 8.69. The summed E-state index contributed by atoms with van der Waals surface area (Å²) >= 11 is 0. The summed E-state index contributed by atoms with van der Waals surface area (Å²) in [5, 5.41) is 0. The topological polar surface area (TPSA) is 42.4 Å². The van der Waals surface area contributed by atoms with E-state index in [1.807, 2.05) is 12.1 Å². The largest absolute Gasteiger partial charge is 0.468 e. The van der Waals surface area contributed by atoms with Crippen molar-refractivity contribution in [3.05, 3.63) is 53.7 Å². The number of nitrogen functional groups attached to an aromatic ring is 1. The first-order valence-electron chi connectivity index (χ1n) is 5.97. The molecule has 0 radical (unpaired) electrons. The Balaban J connectivity index is 2.05. The van der Waals surface area contributed by atoms with Crippen molar-refractivity contribution in [3.63, 3.8) is 0 Å². The monoisotopic (exact) mass is 248 g/mol. The average molecular weight is 248 g/mol. The minimum Gasteiger partial charge on any atom is -0.468 e. The van der Waals surface area contributed by atoms with Crippen LogP contribution < -0.4 is 5.73 Å². The van der Waals surface area contributed by atoms with Gasteiger partial charge in [-0.15, -0.1) is 0 Å². The standard InChI is InChI=1S/C14H17FN2O/c1-2-17(10-13-4-3-7-18-13)9-11-5-6-12(15)8-14(11)16/h3-8H,2,9-10,16H2,1H3. The fourth-order valence-electron chi connectivity index (χ4n) is 1.85. The quantitative estimate of drug-likeness (QED) is 0.827. The van der Waals surface area contributed by atoms with E-state index in [9.17, 15) is 4.39 Å². The highest BCUT2D eigenvalue weighted by molar-refractivity contribution is 5.46. The highest BCUT2D eigenvalue weighted by atomic mass is 19.1. The van der Waals surface area contributed by atoms with E-state index in [1.54, 1.807) is 12.3 Å². The fourth-order valence-corrected chi connectivity index (χ4v) is 1.85. The minimum absolute atomic E-state index is 0.301. The molecule has 0 saturated heterocycles. The number of nitrogens with zero attached hydrogens (tertiary/aromatic N) is 1. The maximum atomic E-state index is 13.0. The van der Waals surface area contributed by atoms with E-state index in [0.717, 1.165) is 24.4 Å². The molecule has 0 amide bonds. The highest BCUT2D eigenvalue weighted by Crippen LogP contribution is 2.17. The lowest BCUT2D eigenvalue weighted by Crippen LogP contribution is -2.22. The van der Waals surface area contributed by atoms with E-state index in [0.29, 0.717) is 12.2 Å². The number of rotatable bonds is 5. The van der Waals surface area contributed by atoms with Crippen LogP contribution >= 0.6 is 0 Å². The Morgan fingerprint density at radius 2 is 2.11 bits per heavy atom. The summed E-state index contributed by atoms with van der Waals surface area (Å²) in [4.78, 5) is 2.18. The maximum absolute atomic E-state index is 13.0. The van der Waals surface area contributed by atoms with Crippen molar-refractivity contribution in [1.29, 1.82) is 0 Å². The van der Waals surface area contributed by atoms with Crippen molar-refractivity contribution in [1.82, 2.24) is 4.90 Å². The van der Waals surface area contributed by atoms with Crippen LogP contribution in [0, 0.1) is 5.82 Å². The molecule has 0 aliphatic carbocycles. The predicted octanol–water partition coefficient (Wildman–Crippen LogP) is 3.02. The number of benzene rings is 1.